The topological polar surface area (TPSA) is 48.0 Å². The zero-order chi connectivity index (χ0) is 18.2. The van der Waals surface area contributed by atoms with Gasteiger partial charge in [-0.2, -0.15) is 0 Å². The van der Waals surface area contributed by atoms with Crippen molar-refractivity contribution in [1.29, 1.82) is 0 Å². The Morgan fingerprint density at radius 2 is 2.27 bits per heavy atom. The summed E-state index contributed by atoms with van der Waals surface area (Å²) >= 11 is 1.77. The van der Waals surface area contributed by atoms with Crippen molar-refractivity contribution in [2.24, 2.45) is 0 Å². The van der Waals surface area contributed by atoms with Gasteiger partial charge < -0.3 is 14.2 Å². The predicted molar refractivity (Wildman–Crippen MR) is 102 cm³/mol. The Labute approximate surface area is 158 Å². The molecule has 0 spiro atoms. The number of esters is 1. The van der Waals surface area contributed by atoms with Crippen molar-refractivity contribution in [3.05, 3.63) is 52.2 Å². The highest BCUT2D eigenvalue weighted by Gasteiger charge is 2.19. The number of carbonyl (C=O) groups is 1. The number of hydrogen-bond donors (Lipinski definition) is 0. The third kappa shape index (κ3) is 5.56. The van der Waals surface area contributed by atoms with Gasteiger partial charge in [0.1, 0.15) is 12.4 Å². The smallest absolute Gasteiger partial charge is 0.337 e. The summed E-state index contributed by atoms with van der Waals surface area (Å²) < 4.78 is 16.4. The van der Waals surface area contributed by atoms with Crippen LogP contribution in [0.4, 0.5) is 0 Å². The SMILES string of the molecule is COC(=O)c1cccc(OCCN(Cc2cccs2)CC2CCCO2)c1. The van der Waals surface area contributed by atoms with Gasteiger partial charge >= 0.3 is 5.97 Å². The number of carbonyl (C=O) groups excluding carboxylic acids is 1. The first-order valence-corrected chi connectivity index (χ1v) is 9.80. The van der Waals surface area contributed by atoms with Crippen LogP contribution in [0.2, 0.25) is 0 Å². The minimum atomic E-state index is -0.354. The first-order valence-electron chi connectivity index (χ1n) is 8.92. The summed E-state index contributed by atoms with van der Waals surface area (Å²) in [5.74, 6) is 0.328. The molecule has 1 aromatic heterocycles. The Hall–Kier alpha value is -1.89. The van der Waals surface area contributed by atoms with Gasteiger partial charge in [0.05, 0.1) is 18.8 Å². The van der Waals surface area contributed by atoms with E-state index in [4.69, 9.17) is 14.2 Å². The second-order valence-corrected chi connectivity index (χ2v) is 7.35. The normalized spacial score (nSPS) is 16.8. The Bertz CT molecular complexity index is 683. The molecule has 0 aliphatic carbocycles. The molecule has 6 heteroatoms. The third-order valence-electron chi connectivity index (χ3n) is 4.38. The average molecular weight is 375 g/mol. The van der Waals surface area contributed by atoms with Gasteiger partial charge in [-0.05, 0) is 42.5 Å². The van der Waals surface area contributed by atoms with Gasteiger partial charge in [0.15, 0.2) is 0 Å². The highest BCUT2D eigenvalue weighted by atomic mass is 32.1. The maximum absolute atomic E-state index is 11.6. The van der Waals surface area contributed by atoms with Crippen molar-refractivity contribution in [3.63, 3.8) is 0 Å². The van der Waals surface area contributed by atoms with Crippen LogP contribution in [-0.4, -0.2) is 50.4 Å². The van der Waals surface area contributed by atoms with Crippen LogP contribution in [0, 0.1) is 0 Å². The van der Waals surface area contributed by atoms with E-state index < -0.39 is 0 Å². The standard InChI is InChI=1S/C20H25NO4S/c1-23-20(22)16-5-2-6-17(13-16)25-11-9-21(14-18-7-3-10-24-18)15-19-8-4-12-26-19/h2,4-6,8,12-13,18H,3,7,9-11,14-15H2,1H3. The van der Waals surface area contributed by atoms with Crippen LogP contribution in [0.1, 0.15) is 28.1 Å². The maximum atomic E-state index is 11.6. The van der Waals surface area contributed by atoms with Gasteiger partial charge in [-0.3, -0.25) is 4.90 Å². The number of nitrogens with zero attached hydrogens (tertiary/aromatic N) is 1. The van der Waals surface area contributed by atoms with E-state index in [0.29, 0.717) is 24.0 Å². The van der Waals surface area contributed by atoms with Crippen molar-refractivity contribution < 1.29 is 19.0 Å². The van der Waals surface area contributed by atoms with Gasteiger partial charge in [-0.25, -0.2) is 4.79 Å². The lowest BCUT2D eigenvalue weighted by Gasteiger charge is -2.24. The molecule has 1 aliphatic heterocycles. The van der Waals surface area contributed by atoms with Crippen LogP contribution in [-0.2, 0) is 16.0 Å². The fourth-order valence-corrected chi connectivity index (χ4v) is 3.80. The van der Waals surface area contributed by atoms with E-state index in [9.17, 15) is 4.79 Å². The molecule has 26 heavy (non-hydrogen) atoms. The van der Waals surface area contributed by atoms with E-state index >= 15 is 0 Å². The van der Waals surface area contributed by atoms with E-state index in [2.05, 4.69) is 22.4 Å². The maximum Gasteiger partial charge on any atom is 0.337 e. The van der Waals surface area contributed by atoms with Crippen LogP contribution >= 0.6 is 11.3 Å². The molecule has 1 saturated heterocycles. The fourth-order valence-electron chi connectivity index (χ4n) is 3.06. The van der Waals surface area contributed by atoms with Crippen LogP contribution in [0.5, 0.6) is 5.75 Å². The van der Waals surface area contributed by atoms with E-state index in [1.165, 1.54) is 12.0 Å². The van der Waals surface area contributed by atoms with Gasteiger partial charge in [0.2, 0.25) is 0 Å². The Balaban J connectivity index is 1.54. The van der Waals surface area contributed by atoms with Crippen LogP contribution in [0.25, 0.3) is 0 Å². The van der Waals surface area contributed by atoms with Crippen molar-refractivity contribution in [2.75, 3.05) is 33.4 Å². The van der Waals surface area contributed by atoms with E-state index in [-0.39, 0.29) is 5.97 Å². The molecule has 5 nitrogen and oxygen atoms in total. The molecule has 0 saturated carbocycles. The van der Waals surface area contributed by atoms with Crippen molar-refractivity contribution in [1.82, 2.24) is 4.90 Å². The van der Waals surface area contributed by atoms with E-state index in [1.54, 1.807) is 29.5 Å². The zero-order valence-electron chi connectivity index (χ0n) is 15.1. The lowest BCUT2D eigenvalue weighted by Crippen LogP contribution is -2.34. The van der Waals surface area contributed by atoms with Crippen molar-refractivity contribution >= 4 is 17.3 Å². The fraction of sp³-hybridized carbons (Fsp3) is 0.450. The highest BCUT2D eigenvalue weighted by Crippen LogP contribution is 2.18. The first-order chi connectivity index (χ1) is 12.7. The summed E-state index contributed by atoms with van der Waals surface area (Å²) in [4.78, 5) is 15.3. The van der Waals surface area contributed by atoms with Gasteiger partial charge in [-0.1, -0.05) is 12.1 Å². The van der Waals surface area contributed by atoms with Gasteiger partial charge in [-0.15, -0.1) is 11.3 Å². The number of thiophene rings is 1. The monoisotopic (exact) mass is 375 g/mol. The van der Waals surface area contributed by atoms with Gasteiger partial charge in [0, 0.05) is 31.1 Å². The molecule has 1 aliphatic rings. The van der Waals surface area contributed by atoms with Crippen LogP contribution in [0.3, 0.4) is 0 Å². The molecular weight excluding hydrogens is 350 g/mol. The number of benzene rings is 1. The molecule has 1 aromatic carbocycles. The summed E-state index contributed by atoms with van der Waals surface area (Å²) in [6.45, 7) is 4.06. The first kappa shape index (κ1) is 18.9. The minimum Gasteiger partial charge on any atom is -0.492 e. The van der Waals surface area contributed by atoms with Crippen LogP contribution in [0.15, 0.2) is 41.8 Å². The summed E-state index contributed by atoms with van der Waals surface area (Å²) in [6.07, 6.45) is 2.59. The Morgan fingerprint density at radius 3 is 3.00 bits per heavy atom. The Kier molecular flexibility index (Phi) is 7.05. The minimum absolute atomic E-state index is 0.317. The van der Waals surface area contributed by atoms with Crippen molar-refractivity contribution in [3.8, 4) is 5.75 Å². The predicted octanol–water partition coefficient (Wildman–Crippen LogP) is 3.59. The molecule has 1 atom stereocenters. The lowest BCUT2D eigenvalue weighted by molar-refractivity contribution is 0.0598. The quantitative estimate of drug-likeness (QED) is 0.627. The molecule has 1 unspecified atom stereocenters. The van der Waals surface area contributed by atoms with Gasteiger partial charge in [0.25, 0.3) is 0 Å². The number of methoxy groups -OCH3 is 1. The number of ether oxygens (including phenoxy) is 3. The summed E-state index contributed by atoms with van der Waals surface area (Å²) in [6, 6.07) is 11.3. The molecule has 2 aromatic rings. The molecular formula is C20H25NO4S. The number of hydrogen-bond acceptors (Lipinski definition) is 6. The molecule has 3 rings (SSSR count). The largest absolute Gasteiger partial charge is 0.492 e. The average Bonchev–Trinajstić information content (AvgIpc) is 3.35. The molecule has 1 fully saturated rings. The van der Waals surface area contributed by atoms with E-state index in [1.807, 2.05) is 6.07 Å². The second kappa shape index (κ2) is 9.71. The van der Waals surface area contributed by atoms with Crippen LogP contribution < -0.4 is 4.74 Å². The molecule has 0 N–H and O–H groups in total. The van der Waals surface area contributed by atoms with Crippen molar-refractivity contribution in [2.45, 2.75) is 25.5 Å². The summed E-state index contributed by atoms with van der Waals surface area (Å²) in [7, 11) is 1.38. The third-order valence-corrected chi connectivity index (χ3v) is 5.24. The molecule has 0 bridgehead atoms. The van der Waals surface area contributed by atoms with E-state index in [0.717, 1.165) is 39.1 Å². The molecule has 0 amide bonds. The summed E-state index contributed by atoms with van der Waals surface area (Å²) in [5.41, 5.74) is 0.500. The molecule has 2 heterocycles. The highest BCUT2D eigenvalue weighted by molar-refractivity contribution is 7.09. The lowest BCUT2D eigenvalue weighted by atomic mass is 10.2. The second-order valence-electron chi connectivity index (χ2n) is 6.32. The zero-order valence-corrected chi connectivity index (χ0v) is 15.9. The number of rotatable bonds is 9. The molecule has 140 valence electrons. The molecule has 0 radical (unpaired) electrons. The summed E-state index contributed by atoms with van der Waals surface area (Å²) in [5, 5.41) is 2.11. The Morgan fingerprint density at radius 1 is 1.35 bits per heavy atom.